The summed E-state index contributed by atoms with van der Waals surface area (Å²) in [7, 11) is 0. The van der Waals surface area contributed by atoms with Gasteiger partial charge in [0, 0.05) is 12.8 Å². The molecule has 1 aliphatic heterocycles. The minimum atomic E-state index is -0.392. The second-order valence-corrected chi connectivity index (χ2v) is 8.51. The van der Waals surface area contributed by atoms with Crippen LogP contribution in [0.4, 0.5) is 0 Å². The molecule has 0 radical (unpaired) electrons. The number of rotatable bonds is 0. The smallest absolute Gasteiger partial charge is 0.232 e. The molecular weight excluding hydrogens is 290 g/mol. The van der Waals surface area contributed by atoms with E-state index >= 15 is 0 Å². The van der Waals surface area contributed by atoms with E-state index in [1.54, 1.807) is 0 Å². The van der Waals surface area contributed by atoms with Crippen molar-refractivity contribution in [1.29, 1.82) is 0 Å². The second-order valence-electron chi connectivity index (χ2n) is 8.51. The van der Waals surface area contributed by atoms with Crippen LogP contribution in [0, 0.1) is 28.6 Å². The summed E-state index contributed by atoms with van der Waals surface area (Å²) in [5, 5.41) is 2.55. The van der Waals surface area contributed by atoms with Crippen LogP contribution in [0.15, 0.2) is 11.6 Å². The lowest BCUT2D eigenvalue weighted by Crippen LogP contribution is -2.60. The molecule has 3 fully saturated rings. The molecule has 5 atom stereocenters. The maximum atomic E-state index is 12.5. The van der Waals surface area contributed by atoms with Crippen LogP contribution < -0.4 is 5.32 Å². The third-order valence-corrected chi connectivity index (χ3v) is 7.53. The minimum absolute atomic E-state index is 0.0671. The monoisotopic (exact) mass is 315 g/mol. The summed E-state index contributed by atoms with van der Waals surface area (Å²) in [6.07, 6.45) is 7.80. The van der Waals surface area contributed by atoms with Crippen molar-refractivity contribution in [1.82, 2.24) is 5.32 Å². The molecule has 4 aliphatic rings. The van der Waals surface area contributed by atoms with Gasteiger partial charge in [0.1, 0.15) is 0 Å². The fraction of sp³-hybridized carbons (Fsp3) is 0.737. The molecule has 4 nitrogen and oxygen atoms in total. The van der Waals surface area contributed by atoms with Crippen LogP contribution >= 0.6 is 0 Å². The van der Waals surface area contributed by atoms with Crippen LogP contribution in [-0.4, -0.2) is 17.6 Å². The second kappa shape index (κ2) is 4.78. The van der Waals surface area contributed by atoms with Crippen molar-refractivity contribution in [2.45, 2.75) is 58.8 Å². The Labute approximate surface area is 137 Å². The van der Waals surface area contributed by atoms with Gasteiger partial charge in [0.2, 0.25) is 11.8 Å². The van der Waals surface area contributed by atoms with Crippen LogP contribution in [0.3, 0.4) is 0 Å². The Morgan fingerprint density at radius 1 is 1.00 bits per heavy atom. The summed E-state index contributed by atoms with van der Waals surface area (Å²) in [6, 6.07) is 0. The molecule has 1 saturated heterocycles. The predicted octanol–water partition coefficient (Wildman–Crippen LogP) is 2.77. The van der Waals surface area contributed by atoms with Gasteiger partial charge in [-0.3, -0.25) is 19.7 Å². The number of fused-ring (bicyclic) bond motifs is 5. The molecule has 1 heterocycles. The van der Waals surface area contributed by atoms with Gasteiger partial charge in [0.25, 0.3) is 0 Å². The van der Waals surface area contributed by atoms with Crippen molar-refractivity contribution < 1.29 is 14.4 Å². The van der Waals surface area contributed by atoms with Crippen molar-refractivity contribution >= 4 is 17.6 Å². The Bertz CT molecular complexity index is 637. The van der Waals surface area contributed by atoms with E-state index in [4.69, 9.17) is 0 Å². The molecule has 4 heteroatoms. The number of hydrogen-bond donors (Lipinski definition) is 1. The summed E-state index contributed by atoms with van der Waals surface area (Å²) in [5.74, 6) is 1.19. The van der Waals surface area contributed by atoms with Gasteiger partial charge in [-0.1, -0.05) is 19.4 Å². The molecule has 23 heavy (non-hydrogen) atoms. The molecule has 0 aromatic heterocycles. The number of imide groups is 1. The molecule has 0 aromatic carbocycles. The molecule has 0 bridgehead atoms. The molecule has 3 aliphatic carbocycles. The van der Waals surface area contributed by atoms with E-state index in [1.807, 2.05) is 13.0 Å². The Morgan fingerprint density at radius 3 is 2.57 bits per heavy atom. The molecule has 1 N–H and O–H groups in total. The number of amides is 2. The number of ketones is 1. The highest BCUT2D eigenvalue weighted by molar-refractivity contribution is 6.01. The van der Waals surface area contributed by atoms with Gasteiger partial charge in [-0.15, -0.1) is 0 Å². The van der Waals surface area contributed by atoms with Crippen LogP contribution in [-0.2, 0) is 14.4 Å². The van der Waals surface area contributed by atoms with Gasteiger partial charge in [0.15, 0.2) is 5.78 Å². The van der Waals surface area contributed by atoms with Crippen LogP contribution in [0.25, 0.3) is 0 Å². The van der Waals surface area contributed by atoms with Crippen molar-refractivity contribution in [3.63, 3.8) is 0 Å². The molecule has 0 spiro atoms. The van der Waals surface area contributed by atoms with Crippen molar-refractivity contribution in [2.24, 2.45) is 28.6 Å². The first-order valence-electron chi connectivity index (χ1n) is 8.93. The number of piperidine rings is 1. The zero-order valence-electron chi connectivity index (χ0n) is 14.0. The highest BCUT2D eigenvalue weighted by Crippen LogP contribution is 2.62. The molecule has 2 saturated carbocycles. The zero-order valence-corrected chi connectivity index (χ0v) is 14.0. The summed E-state index contributed by atoms with van der Waals surface area (Å²) in [4.78, 5) is 36.2. The zero-order chi connectivity index (χ0) is 16.4. The molecule has 2 amide bonds. The summed E-state index contributed by atoms with van der Waals surface area (Å²) >= 11 is 0. The maximum Gasteiger partial charge on any atom is 0.232 e. The first-order valence-corrected chi connectivity index (χ1v) is 8.93. The average molecular weight is 315 g/mol. The fourth-order valence-electron chi connectivity index (χ4n) is 6.06. The SMILES string of the molecule is C[C@@]12CC[C@H]3[C@@H](CCC4=CC(=O)CC[C@@]43C)[C@H]1CC(=O)NC2=O. The van der Waals surface area contributed by atoms with E-state index in [0.717, 1.165) is 32.1 Å². The lowest BCUT2D eigenvalue weighted by Gasteiger charge is -2.58. The summed E-state index contributed by atoms with van der Waals surface area (Å²) in [6.45, 7) is 4.36. The summed E-state index contributed by atoms with van der Waals surface area (Å²) < 4.78 is 0. The van der Waals surface area contributed by atoms with Gasteiger partial charge >= 0.3 is 0 Å². The number of carbonyl (C=O) groups is 3. The number of nitrogens with one attached hydrogen (secondary N) is 1. The van der Waals surface area contributed by atoms with Crippen LogP contribution in [0.1, 0.15) is 58.8 Å². The highest BCUT2D eigenvalue weighted by atomic mass is 16.2. The molecule has 0 unspecified atom stereocenters. The van der Waals surface area contributed by atoms with Gasteiger partial charge in [-0.25, -0.2) is 0 Å². The standard InChI is InChI=1S/C19H25NO3/c1-18-7-5-12(21)9-11(18)3-4-13-14(18)6-8-19(2)15(13)10-16(22)20-17(19)23/h9,13-15H,3-8,10H2,1-2H3,(H,20,22,23)/t13-,14+,15-,18+,19-/m1/s1. The topological polar surface area (TPSA) is 63.2 Å². The van der Waals surface area contributed by atoms with E-state index in [0.29, 0.717) is 24.7 Å². The summed E-state index contributed by atoms with van der Waals surface area (Å²) in [5.41, 5.74) is 1.02. The van der Waals surface area contributed by atoms with Gasteiger partial charge in [0.05, 0.1) is 5.41 Å². The quantitative estimate of drug-likeness (QED) is 0.699. The van der Waals surface area contributed by atoms with E-state index in [2.05, 4.69) is 12.2 Å². The van der Waals surface area contributed by atoms with E-state index in [9.17, 15) is 14.4 Å². The first-order chi connectivity index (χ1) is 10.8. The van der Waals surface area contributed by atoms with E-state index < -0.39 is 5.41 Å². The highest BCUT2D eigenvalue weighted by Gasteiger charge is 2.59. The Balaban J connectivity index is 1.71. The first kappa shape index (κ1) is 15.1. The fourth-order valence-corrected chi connectivity index (χ4v) is 6.06. The Hall–Kier alpha value is -1.45. The van der Waals surface area contributed by atoms with Gasteiger partial charge in [-0.05, 0) is 61.3 Å². The number of allylic oxidation sites excluding steroid dienone is 2. The van der Waals surface area contributed by atoms with Crippen molar-refractivity contribution in [3.8, 4) is 0 Å². The van der Waals surface area contributed by atoms with E-state index in [-0.39, 0.29) is 28.9 Å². The molecule has 4 rings (SSSR count). The maximum absolute atomic E-state index is 12.5. The average Bonchev–Trinajstić information content (AvgIpc) is 2.49. The Morgan fingerprint density at radius 2 is 1.78 bits per heavy atom. The lowest BCUT2D eigenvalue weighted by molar-refractivity contribution is -0.156. The van der Waals surface area contributed by atoms with Crippen LogP contribution in [0.5, 0.6) is 0 Å². The predicted molar refractivity (Wildman–Crippen MR) is 85.2 cm³/mol. The van der Waals surface area contributed by atoms with Gasteiger partial charge in [-0.2, -0.15) is 0 Å². The molecule has 0 aromatic rings. The largest absolute Gasteiger partial charge is 0.296 e. The molecular formula is C19H25NO3. The van der Waals surface area contributed by atoms with Crippen molar-refractivity contribution in [2.75, 3.05) is 0 Å². The van der Waals surface area contributed by atoms with Crippen molar-refractivity contribution in [3.05, 3.63) is 11.6 Å². The minimum Gasteiger partial charge on any atom is -0.296 e. The molecule has 124 valence electrons. The Kier molecular flexibility index (Phi) is 3.14. The van der Waals surface area contributed by atoms with Crippen LogP contribution in [0.2, 0.25) is 0 Å². The van der Waals surface area contributed by atoms with E-state index in [1.165, 1.54) is 5.57 Å². The lowest BCUT2D eigenvalue weighted by atomic mass is 9.46. The normalized spacial score (nSPS) is 46.3. The number of hydrogen-bond acceptors (Lipinski definition) is 3. The number of carbonyl (C=O) groups excluding carboxylic acids is 3. The third-order valence-electron chi connectivity index (χ3n) is 7.53. The third kappa shape index (κ3) is 1.99. The van der Waals surface area contributed by atoms with Gasteiger partial charge < -0.3 is 0 Å².